The maximum Gasteiger partial charge on any atom is 0.412 e. The van der Waals surface area contributed by atoms with Gasteiger partial charge < -0.3 is 26.0 Å². The summed E-state index contributed by atoms with van der Waals surface area (Å²) in [5, 5.41) is 16.3. The first-order valence-electron chi connectivity index (χ1n) is 12.3. The Labute approximate surface area is 223 Å². The van der Waals surface area contributed by atoms with E-state index in [0.29, 0.717) is 13.1 Å². The molecule has 1 aromatic rings. The third kappa shape index (κ3) is 10.1. The zero-order chi connectivity index (χ0) is 29.1. The minimum atomic E-state index is -1.01. The number of nitrogens with two attached hydrogens (primary N) is 1. The topological polar surface area (TPSA) is 177 Å². The van der Waals surface area contributed by atoms with Gasteiger partial charge in [0.05, 0.1) is 29.1 Å². The molecular weight excluding hydrogens is 496 g/mol. The van der Waals surface area contributed by atoms with Crippen molar-refractivity contribution in [2.45, 2.75) is 51.6 Å². The van der Waals surface area contributed by atoms with E-state index >= 15 is 0 Å². The normalized spacial score (nSPS) is 11.7. The number of nitrogens with one attached hydrogen (secondary N) is 2. The fourth-order valence-electron chi connectivity index (χ4n) is 3.16. The molecule has 38 heavy (non-hydrogen) atoms. The SMILES string of the molecule is CN(CC(=O)C(C)(C)N(C)CC(=O)C(C)(C)NCCCN)C(=O)CCNC(=O)Oc1ccc([N+](=O)[O-])cc1. The van der Waals surface area contributed by atoms with Crippen LogP contribution in [-0.2, 0) is 14.4 Å². The van der Waals surface area contributed by atoms with Gasteiger partial charge >= 0.3 is 6.09 Å². The van der Waals surface area contributed by atoms with Crippen molar-refractivity contribution in [2.24, 2.45) is 5.73 Å². The van der Waals surface area contributed by atoms with E-state index in [1.165, 1.54) is 36.2 Å². The maximum atomic E-state index is 13.0. The molecule has 0 radical (unpaired) electrons. The smallest absolute Gasteiger partial charge is 0.410 e. The Morgan fingerprint density at radius 2 is 1.61 bits per heavy atom. The van der Waals surface area contributed by atoms with E-state index in [9.17, 15) is 29.3 Å². The van der Waals surface area contributed by atoms with Gasteiger partial charge in [0.2, 0.25) is 5.91 Å². The average molecular weight is 537 g/mol. The molecule has 0 aliphatic carbocycles. The molecule has 4 N–H and O–H groups in total. The van der Waals surface area contributed by atoms with Crippen LogP contribution < -0.4 is 21.1 Å². The fourth-order valence-corrected chi connectivity index (χ4v) is 3.16. The van der Waals surface area contributed by atoms with E-state index in [0.717, 1.165) is 6.42 Å². The molecule has 0 aromatic heterocycles. The lowest BCUT2D eigenvalue weighted by Gasteiger charge is -2.37. The van der Waals surface area contributed by atoms with E-state index in [1.807, 2.05) is 0 Å². The van der Waals surface area contributed by atoms with Gasteiger partial charge in [0, 0.05) is 32.1 Å². The number of amides is 2. The molecule has 212 valence electrons. The van der Waals surface area contributed by atoms with Crippen LogP contribution >= 0.6 is 0 Å². The van der Waals surface area contributed by atoms with Crippen LogP contribution in [-0.4, -0.2) is 96.2 Å². The Kier molecular flexibility index (Phi) is 12.4. The Balaban J connectivity index is 2.52. The van der Waals surface area contributed by atoms with Crippen LogP contribution in [0.15, 0.2) is 24.3 Å². The number of rotatable bonds is 16. The van der Waals surface area contributed by atoms with Gasteiger partial charge in [-0.25, -0.2) is 4.79 Å². The lowest BCUT2D eigenvalue weighted by Crippen LogP contribution is -2.57. The summed E-state index contributed by atoms with van der Waals surface area (Å²) in [6.07, 6.45) is -0.150. The van der Waals surface area contributed by atoms with Gasteiger partial charge in [-0.2, -0.15) is 0 Å². The molecule has 13 heteroatoms. The standard InChI is InChI=1S/C25H40N6O7/c1-24(2,28-14-7-13-26)20(32)17-30(6)25(3,4)21(33)16-29(5)22(34)12-15-27-23(35)38-19-10-8-18(9-11-19)31(36)37/h8-11,28H,7,12-17,26H2,1-6H3,(H,27,35). The number of hydrogen-bond donors (Lipinski definition) is 3. The molecule has 0 saturated heterocycles. The number of nitro benzene ring substituents is 1. The van der Waals surface area contributed by atoms with Crippen LogP contribution in [0.2, 0.25) is 0 Å². The number of Topliss-reactive ketones (excluding diaryl/α,β-unsaturated/α-hetero) is 2. The summed E-state index contributed by atoms with van der Waals surface area (Å²) >= 11 is 0. The van der Waals surface area contributed by atoms with Gasteiger partial charge in [0.25, 0.3) is 5.69 Å². The number of ether oxygens (including phenoxy) is 1. The number of likely N-dealkylation sites (N-methyl/N-ethyl adjacent to an activating group) is 2. The number of nitro groups is 1. The second-order valence-electron chi connectivity index (χ2n) is 10.0. The highest BCUT2D eigenvalue weighted by Gasteiger charge is 2.36. The van der Waals surface area contributed by atoms with Crippen LogP contribution in [0.3, 0.4) is 0 Å². The summed E-state index contributed by atoms with van der Waals surface area (Å²) in [6.45, 7) is 7.94. The molecule has 0 bridgehead atoms. The van der Waals surface area contributed by atoms with Crippen LogP contribution in [0.1, 0.15) is 40.5 Å². The van der Waals surface area contributed by atoms with E-state index in [2.05, 4.69) is 10.6 Å². The monoisotopic (exact) mass is 536 g/mol. The van der Waals surface area contributed by atoms with Gasteiger partial charge in [-0.1, -0.05) is 0 Å². The van der Waals surface area contributed by atoms with E-state index < -0.39 is 22.1 Å². The molecule has 1 aromatic carbocycles. The minimum absolute atomic E-state index is 0.0345. The predicted molar refractivity (Wildman–Crippen MR) is 142 cm³/mol. The van der Waals surface area contributed by atoms with Crippen molar-refractivity contribution < 1.29 is 28.8 Å². The summed E-state index contributed by atoms with van der Waals surface area (Å²) in [6, 6.07) is 4.98. The Morgan fingerprint density at radius 3 is 2.16 bits per heavy atom. The largest absolute Gasteiger partial charge is 0.412 e. The summed E-state index contributed by atoms with van der Waals surface area (Å²) in [4.78, 5) is 63.3. The van der Waals surface area contributed by atoms with Gasteiger partial charge in [-0.15, -0.1) is 0 Å². The van der Waals surface area contributed by atoms with Crippen LogP contribution in [0.5, 0.6) is 5.75 Å². The molecule has 0 saturated carbocycles. The third-order valence-electron chi connectivity index (χ3n) is 6.34. The van der Waals surface area contributed by atoms with Gasteiger partial charge in [0.15, 0.2) is 11.6 Å². The second-order valence-corrected chi connectivity index (χ2v) is 10.0. The Hall–Kier alpha value is -3.42. The van der Waals surface area contributed by atoms with E-state index in [1.54, 1.807) is 39.6 Å². The molecule has 0 unspecified atom stereocenters. The quantitative estimate of drug-likeness (QED) is 0.157. The van der Waals surface area contributed by atoms with Crippen molar-refractivity contribution in [3.63, 3.8) is 0 Å². The molecule has 0 aliphatic rings. The van der Waals surface area contributed by atoms with Crippen molar-refractivity contribution in [3.8, 4) is 5.75 Å². The first kappa shape index (κ1) is 32.6. The fraction of sp³-hybridized carbons (Fsp3) is 0.600. The number of hydrogen-bond acceptors (Lipinski definition) is 10. The van der Waals surface area contributed by atoms with Crippen LogP contribution in [0.4, 0.5) is 10.5 Å². The highest BCUT2D eigenvalue weighted by molar-refractivity contribution is 5.94. The molecule has 2 amide bonds. The summed E-state index contributed by atoms with van der Waals surface area (Å²) in [5.74, 6) is -0.576. The number of nitrogens with zero attached hydrogens (tertiary/aromatic N) is 3. The van der Waals surface area contributed by atoms with Gasteiger partial charge in [-0.05, 0) is 66.4 Å². The highest BCUT2D eigenvalue weighted by Crippen LogP contribution is 2.18. The first-order chi connectivity index (χ1) is 17.6. The molecule has 13 nitrogen and oxygen atoms in total. The van der Waals surface area contributed by atoms with Crippen LogP contribution in [0, 0.1) is 10.1 Å². The van der Waals surface area contributed by atoms with Crippen molar-refractivity contribution >= 4 is 29.3 Å². The molecule has 0 atom stereocenters. The lowest BCUT2D eigenvalue weighted by atomic mass is 9.93. The second kappa shape index (κ2) is 14.5. The van der Waals surface area contributed by atoms with Crippen molar-refractivity contribution in [1.29, 1.82) is 0 Å². The van der Waals surface area contributed by atoms with Gasteiger partial charge in [0.1, 0.15) is 5.75 Å². The zero-order valence-corrected chi connectivity index (χ0v) is 23.0. The first-order valence-corrected chi connectivity index (χ1v) is 12.3. The number of benzene rings is 1. The zero-order valence-electron chi connectivity index (χ0n) is 23.0. The third-order valence-corrected chi connectivity index (χ3v) is 6.34. The molecule has 0 fully saturated rings. The number of carbonyl (C=O) groups excluding carboxylic acids is 4. The summed E-state index contributed by atoms with van der Waals surface area (Å²) < 4.78 is 5.02. The van der Waals surface area contributed by atoms with E-state index in [4.69, 9.17) is 10.5 Å². The highest BCUT2D eigenvalue weighted by atomic mass is 16.6. The maximum absolute atomic E-state index is 13.0. The molecular formula is C25H40N6O7. The predicted octanol–water partition coefficient (Wildman–Crippen LogP) is 1.10. The Morgan fingerprint density at radius 1 is 1.00 bits per heavy atom. The number of carbonyl (C=O) groups is 4. The Bertz CT molecular complexity index is 994. The van der Waals surface area contributed by atoms with Crippen molar-refractivity contribution in [2.75, 3.05) is 46.8 Å². The van der Waals surface area contributed by atoms with Crippen molar-refractivity contribution in [1.82, 2.24) is 20.4 Å². The molecule has 1 rings (SSSR count). The lowest BCUT2D eigenvalue weighted by molar-refractivity contribution is -0.384. The van der Waals surface area contributed by atoms with Crippen LogP contribution in [0.25, 0.3) is 0 Å². The number of ketones is 2. The van der Waals surface area contributed by atoms with Crippen molar-refractivity contribution in [3.05, 3.63) is 34.4 Å². The minimum Gasteiger partial charge on any atom is -0.410 e. The number of non-ortho nitro benzene ring substituents is 1. The molecule has 0 spiro atoms. The average Bonchev–Trinajstić information content (AvgIpc) is 2.84. The van der Waals surface area contributed by atoms with E-state index in [-0.39, 0.29) is 55.0 Å². The van der Waals surface area contributed by atoms with Gasteiger partial charge in [-0.3, -0.25) is 29.4 Å². The molecule has 0 heterocycles. The summed E-state index contributed by atoms with van der Waals surface area (Å²) in [7, 11) is 3.18. The summed E-state index contributed by atoms with van der Waals surface area (Å²) in [5.41, 5.74) is 3.58. The molecule has 0 aliphatic heterocycles.